The van der Waals surface area contributed by atoms with Crippen LogP contribution < -0.4 is 0 Å². The number of aryl methyl sites for hydroxylation is 1. The summed E-state index contributed by atoms with van der Waals surface area (Å²) in [6, 6.07) is 2.55. The van der Waals surface area contributed by atoms with Crippen molar-refractivity contribution in [2.45, 2.75) is 58.4 Å². The Hall–Kier alpha value is -1.12. The van der Waals surface area contributed by atoms with Crippen molar-refractivity contribution in [2.75, 3.05) is 0 Å². The minimum atomic E-state index is 0.410. The molecule has 1 heterocycles. The molecule has 0 amide bonds. The van der Waals surface area contributed by atoms with Gasteiger partial charge in [-0.25, -0.2) is 0 Å². The molecule has 0 aromatic carbocycles. The van der Waals surface area contributed by atoms with E-state index in [0.29, 0.717) is 17.7 Å². The lowest BCUT2D eigenvalue weighted by molar-refractivity contribution is -0.120. The molecule has 2 rings (SSSR count). The Morgan fingerprint density at radius 3 is 3.00 bits per heavy atom. The lowest BCUT2D eigenvalue weighted by Gasteiger charge is -2.08. The maximum atomic E-state index is 11.5. The van der Waals surface area contributed by atoms with E-state index in [1.807, 2.05) is 10.9 Å². The van der Waals surface area contributed by atoms with Gasteiger partial charge in [-0.3, -0.25) is 9.48 Å². The van der Waals surface area contributed by atoms with Crippen molar-refractivity contribution in [3.8, 4) is 0 Å². The van der Waals surface area contributed by atoms with E-state index in [-0.39, 0.29) is 0 Å². The van der Waals surface area contributed by atoms with E-state index in [2.05, 4.69) is 25.0 Å². The predicted octanol–water partition coefficient (Wildman–Crippen LogP) is 3.16. The number of carbonyl (C=O) groups excluding carboxylic acids is 1. The quantitative estimate of drug-likeness (QED) is 0.726. The highest BCUT2D eigenvalue weighted by Crippen LogP contribution is 2.31. The Bertz CT molecular complexity index is 379. The molecular weight excluding hydrogens is 212 g/mol. The molecule has 1 unspecified atom stereocenters. The van der Waals surface area contributed by atoms with Crippen LogP contribution in [-0.2, 0) is 11.2 Å². The third-order valence-corrected chi connectivity index (χ3v) is 3.59. The van der Waals surface area contributed by atoms with Gasteiger partial charge in [0.1, 0.15) is 5.78 Å². The molecule has 1 aromatic heterocycles. The molecule has 0 radical (unpaired) electrons. The van der Waals surface area contributed by atoms with Crippen LogP contribution in [0.15, 0.2) is 12.3 Å². The third-order valence-electron chi connectivity index (χ3n) is 3.59. The molecule has 94 valence electrons. The number of rotatable bonds is 7. The molecule has 1 aromatic rings. The van der Waals surface area contributed by atoms with Crippen molar-refractivity contribution in [1.29, 1.82) is 0 Å². The fourth-order valence-electron chi connectivity index (χ4n) is 2.00. The van der Waals surface area contributed by atoms with Gasteiger partial charge < -0.3 is 0 Å². The zero-order valence-corrected chi connectivity index (χ0v) is 10.9. The first-order valence-corrected chi connectivity index (χ1v) is 6.77. The van der Waals surface area contributed by atoms with Crippen LogP contribution in [0.3, 0.4) is 0 Å². The van der Waals surface area contributed by atoms with Crippen LogP contribution in [0.5, 0.6) is 0 Å². The van der Waals surface area contributed by atoms with Gasteiger partial charge in [0, 0.05) is 24.6 Å². The van der Waals surface area contributed by atoms with Crippen molar-refractivity contribution < 1.29 is 4.79 Å². The number of carbonyl (C=O) groups is 1. The molecule has 1 saturated carbocycles. The fraction of sp³-hybridized carbons (Fsp3) is 0.714. The van der Waals surface area contributed by atoms with Gasteiger partial charge in [0.25, 0.3) is 0 Å². The van der Waals surface area contributed by atoms with Crippen LogP contribution in [-0.4, -0.2) is 15.6 Å². The minimum absolute atomic E-state index is 0.410. The lowest BCUT2D eigenvalue weighted by Crippen LogP contribution is -2.05. The molecule has 3 nitrogen and oxygen atoms in total. The third kappa shape index (κ3) is 3.42. The van der Waals surface area contributed by atoms with Gasteiger partial charge in [-0.15, -0.1) is 0 Å². The van der Waals surface area contributed by atoms with Gasteiger partial charge in [-0.2, -0.15) is 5.10 Å². The second kappa shape index (κ2) is 5.48. The van der Waals surface area contributed by atoms with Crippen molar-refractivity contribution in [1.82, 2.24) is 9.78 Å². The van der Waals surface area contributed by atoms with E-state index in [0.717, 1.165) is 44.2 Å². The van der Waals surface area contributed by atoms with Crippen molar-refractivity contribution in [2.24, 2.45) is 5.92 Å². The Balaban J connectivity index is 1.74. The highest BCUT2D eigenvalue weighted by atomic mass is 16.1. The van der Waals surface area contributed by atoms with Crippen molar-refractivity contribution in [3.05, 3.63) is 18.0 Å². The SMILES string of the molecule is CCC(C)n1ccc(CCCC(=O)C2CC2)n1. The average molecular weight is 234 g/mol. The molecule has 1 aliphatic carbocycles. The standard InChI is InChI=1S/C14H22N2O/c1-3-11(2)16-10-9-13(15-16)5-4-6-14(17)12-7-8-12/h9-12H,3-8H2,1-2H3. The second-order valence-electron chi connectivity index (χ2n) is 5.14. The number of nitrogens with zero attached hydrogens (tertiary/aromatic N) is 2. The number of hydrogen-bond acceptors (Lipinski definition) is 2. The Labute approximate surface area is 103 Å². The molecule has 1 aliphatic rings. The molecule has 0 spiro atoms. The van der Waals surface area contributed by atoms with Crippen LogP contribution in [0.4, 0.5) is 0 Å². The Morgan fingerprint density at radius 1 is 1.59 bits per heavy atom. The Kier molecular flexibility index (Phi) is 3.97. The van der Waals surface area contributed by atoms with Crippen LogP contribution in [0, 0.1) is 5.92 Å². The fourth-order valence-corrected chi connectivity index (χ4v) is 2.00. The molecule has 0 saturated heterocycles. The average Bonchev–Trinajstić information content (AvgIpc) is 3.08. The molecule has 17 heavy (non-hydrogen) atoms. The summed E-state index contributed by atoms with van der Waals surface area (Å²) in [5.74, 6) is 0.874. The highest BCUT2D eigenvalue weighted by Gasteiger charge is 2.28. The Morgan fingerprint density at radius 2 is 2.35 bits per heavy atom. The minimum Gasteiger partial charge on any atom is -0.299 e. The molecule has 3 heteroatoms. The number of aromatic nitrogens is 2. The number of hydrogen-bond donors (Lipinski definition) is 0. The molecule has 1 atom stereocenters. The number of ketones is 1. The van der Waals surface area contributed by atoms with Crippen molar-refractivity contribution >= 4 is 5.78 Å². The topological polar surface area (TPSA) is 34.9 Å². The van der Waals surface area contributed by atoms with Crippen LogP contribution >= 0.6 is 0 Å². The van der Waals surface area contributed by atoms with E-state index in [4.69, 9.17) is 0 Å². The first-order valence-electron chi connectivity index (χ1n) is 6.77. The lowest BCUT2D eigenvalue weighted by atomic mass is 10.1. The van der Waals surface area contributed by atoms with Crippen LogP contribution in [0.25, 0.3) is 0 Å². The summed E-state index contributed by atoms with van der Waals surface area (Å²) in [7, 11) is 0. The van der Waals surface area contributed by atoms with Gasteiger partial charge in [-0.05, 0) is 45.1 Å². The van der Waals surface area contributed by atoms with E-state index in [9.17, 15) is 4.79 Å². The number of Topliss-reactive ketones (excluding diaryl/α,β-unsaturated/α-hetero) is 1. The van der Waals surface area contributed by atoms with Gasteiger partial charge in [-0.1, -0.05) is 6.92 Å². The van der Waals surface area contributed by atoms with Gasteiger partial charge in [0.05, 0.1) is 5.69 Å². The van der Waals surface area contributed by atoms with Crippen LogP contribution in [0.2, 0.25) is 0 Å². The summed E-state index contributed by atoms with van der Waals surface area (Å²) in [5.41, 5.74) is 1.12. The molecular formula is C14H22N2O. The summed E-state index contributed by atoms with van der Waals surface area (Å²) >= 11 is 0. The summed E-state index contributed by atoms with van der Waals surface area (Å²) in [5, 5.41) is 4.54. The summed E-state index contributed by atoms with van der Waals surface area (Å²) in [4.78, 5) is 11.5. The van der Waals surface area contributed by atoms with Crippen LogP contribution in [0.1, 0.15) is 57.7 Å². The van der Waals surface area contributed by atoms with Gasteiger partial charge >= 0.3 is 0 Å². The smallest absolute Gasteiger partial charge is 0.135 e. The first kappa shape index (κ1) is 12.3. The maximum absolute atomic E-state index is 11.5. The van der Waals surface area contributed by atoms with E-state index in [1.165, 1.54) is 0 Å². The van der Waals surface area contributed by atoms with Gasteiger partial charge in [0.2, 0.25) is 0 Å². The highest BCUT2D eigenvalue weighted by molar-refractivity contribution is 5.83. The van der Waals surface area contributed by atoms with E-state index >= 15 is 0 Å². The molecule has 1 fully saturated rings. The molecule has 0 N–H and O–H groups in total. The monoisotopic (exact) mass is 234 g/mol. The zero-order valence-electron chi connectivity index (χ0n) is 10.9. The normalized spacial score (nSPS) is 17.1. The second-order valence-corrected chi connectivity index (χ2v) is 5.14. The largest absolute Gasteiger partial charge is 0.299 e. The summed E-state index contributed by atoms with van der Waals surface area (Å²) in [6.45, 7) is 4.34. The maximum Gasteiger partial charge on any atom is 0.135 e. The van der Waals surface area contributed by atoms with Crippen molar-refractivity contribution in [3.63, 3.8) is 0 Å². The van der Waals surface area contributed by atoms with E-state index in [1.54, 1.807) is 0 Å². The summed E-state index contributed by atoms with van der Waals surface area (Å²) < 4.78 is 2.03. The predicted molar refractivity (Wildman–Crippen MR) is 67.9 cm³/mol. The zero-order chi connectivity index (χ0) is 12.3. The first-order chi connectivity index (χ1) is 8.20. The summed E-state index contributed by atoms with van der Waals surface area (Å²) in [6.07, 6.45) is 8.02. The molecule has 0 aliphatic heterocycles. The van der Waals surface area contributed by atoms with Gasteiger partial charge in [0.15, 0.2) is 0 Å². The van der Waals surface area contributed by atoms with E-state index < -0.39 is 0 Å². The molecule has 0 bridgehead atoms.